The van der Waals surface area contributed by atoms with E-state index in [1.165, 1.54) is 12.8 Å². The number of carbonyl (C=O) groups is 1. The van der Waals surface area contributed by atoms with Crippen LogP contribution in [0, 0.1) is 0 Å². The zero-order valence-electron chi connectivity index (χ0n) is 10.4. The molecule has 0 aromatic heterocycles. The molecule has 3 heteroatoms. The first kappa shape index (κ1) is 12.0. The van der Waals surface area contributed by atoms with Crippen LogP contribution in [0.3, 0.4) is 0 Å². The molecule has 17 heavy (non-hydrogen) atoms. The fourth-order valence-electron chi connectivity index (χ4n) is 2.62. The quantitative estimate of drug-likeness (QED) is 0.814. The summed E-state index contributed by atoms with van der Waals surface area (Å²) in [4.78, 5) is 14.4. The number of anilines is 1. The Hall–Kier alpha value is -1.51. The van der Waals surface area contributed by atoms with E-state index >= 15 is 0 Å². The molecule has 0 spiro atoms. The molecule has 0 saturated heterocycles. The summed E-state index contributed by atoms with van der Waals surface area (Å²) in [5, 5.41) is 0. The fraction of sp³-hybridized carbons (Fsp3) is 0.500. The van der Waals surface area contributed by atoms with E-state index in [2.05, 4.69) is 0 Å². The predicted octanol–water partition coefficient (Wildman–Crippen LogP) is 2.67. The van der Waals surface area contributed by atoms with Crippen molar-refractivity contribution in [3.63, 3.8) is 0 Å². The van der Waals surface area contributed by atoms with Crippen LogP contribution in [0.25, 0.3) is 0 Å². The van der Waals surface area contributed by atoms with Gasteiger partial charge < -0.3 is 10.6 Å². The Bertz CT molecular complexity index is 397. The second kappa shape index (κ2) is 5.21. The van der Waals surface area contributed by atoms with E-state index in [1.54, 1.807) is 6.07 Å². The van der Waals surface area contributed by atoms with E-state index in [0.717, 1.165) is 19.4 Å². The third-order valence-electron chi connectivity index (χ3n) is 3.50. The number of nitrogens with zero attached hydrogens (tertiary/aromatic N) is 1. The first-order chi connectivity index (χ1) is 8.22. The number of rotatable bonds is 3. The van der Waals surface area contributed by atoms with Crippen LogP contribution in [-0.4, -0.2) is 23.4 Å². The third-order valence-corrected chi connectivity index (χ3v) is 3.50. The van der Waals surface area contributed by atoms with Crippen molar-refractivity contribution in [2.75, 3.05) is 12.3 Å². The summed E-state index contributed by atoms with van der Waals surface area (Å²) in [6.07, 6.45) is 4.76. The summed E-state index contributed by atoms with van der Waals surface area (Å²) in [5.41, 5.74) is 7.08. The van der Waals surface area contributed by atoms with Crippen LogP contribution in [0.2, 0.25) is 0 Å². The van der Waals surface area contributed by atoms with Crippen molar-refractivity contribution in [1.29, 1.82) is 0 Å². The Balaban J connectivity index is 2.16. The SMILES string of the molecule is CCN(C(=O)c1cccc(N)c1)C1CCCC1. The van der Waals surface area contributed by atoms with Crippen LogP contribution >= 0.6 is 0 Å². The number of benzene rings is 1. The Morgan fingerprint density at radius 1 is 1.41 bits per heavy atom. The highest BCUT2D eigenvalue weighted by Crippen LogP contribution is 2.25. The molecule has 2 N–H and O–H groups in total. The molecule has 3 nitrogen and oxygen atoms in total. The number of nitrogen functional groups attached to an aromatic ring is 1. The molecule has 0 heterocycles. The van der Waals surface area contributed by atoms with Gasteiger partial charge in [-0.3, -0.25) is 4.79 Å². The van der Waals surface area contributed by atoms with Gasteiger partial charge in [0.25, 0.3) is 5.91 Å². The predicted molar refractivity (Wildman–Crippen MR) is 69.8 cm³/mol. The van der Waals surface area contributed by atoms with Crippen LogP contribution in [-0.2, 0) is 0 Å². The van der Waals surface area contributed by atoms with E-state index in [4.69, 9.17) is 5.73 Å². The molecule has 0 aliphatic heterocycles. The molecule has 0 bridgehead atoms. The highest BCUT2D eigenvalue weighted by molar-refractivity contribution is 5.95. The second-order valence-electron chi connectivity index (χ2n) is 4.65. The Kier molecular flexibility index (Phi) is 3.67. The topological polar surface area (TPSA) is 46.3 Å². The lowest BCUT2D eigenvalue weighted by atomic mass is 10.1. The Labute approximate surface area is 103 Å². The van der Waals surface area contributed by atoms with Crippen molar-refractivity contribution in [3.05, 3.63) is 29.8 Å². The summed E-state index contributed by atoms with van der Waals surface area (Å²) in [5.74, 6) is 0.117. The van der Waals surface area contributed by atoms with Crippen molar-refractivity contribution in [3.8, 4) is 0 Å². The largest absolute Gasteiger partial charge is 0.399 e. The zero-order chi connectivity index (χ0) is 12.3. The average Bonchev–Trinajstić information content (AvgIpc) is 2.83. The van der Waals surface area contributed by atoms with Crippen LogP contribution < -0.4 is 5.73 Å². The van der Waals surface area contributed by atoms with Crippen LogP contribution in [0.5, 0.6) is 0 Å². The minimum Gasteiger partial charge on any atom is -0.399 e. The molecular formula is C14H20N2O. The van der Waals surface area contributed by atoms with E-state index in [0.29, 0.717) is 17.3 Å². The first-order valence-electron chi connectivity index (χ1n) is 6.39. The van der Waals surface area contributed by atoms with E-state index < -0.39 is 0 Å². The number of amides is 1. The highest BCUT2D eigenvalue weighted by atomic mass is 16.2. The van der Waals surface area contributed by atoms with Gasteiger partial charge in [0.2, 0.25) is 0 Å². The van der Waals surface area contributed by atoms with Gasteiger partial charge in [-0.05, 0) is 38.0 Å². The van der Waals surface area contributed by atoms with Crippen LogP contribution in [0.4, 0.5) is 5.69 Å². The maximum absolute atomic E-state index is 12.4. The van der Waals surface area contributed by atoms with Gasteiger partial charge in [0, 0.05) is 23.8 Å². The Morgan fingerprint density at radius 2 is 2.12 bits per heavy atom. The minimum absolute atomic E-state index is 0.117. The summed E-state index contributed by atoms with van der Waals surface area (Å²) >= 11 is 0. The molecule has 2 rings (SSSR count). The minimum atomic E-state index is 0.117. The van der Waals surface area contributed by atoms with Crippen LogP contribution in [0.15, 0.2) is 24.3 Å². The van der Waals surface area contributed by atoms with E-state index in [-0.39, 0.29) is 5.91 Å². The molecule has 1 aromatic carbocycles. The molecule has 1 saturated carbocycles. The van der Waals surface area contributed by atoms with Crippen molar-refractivity contribution < 1.29 is 4.79 Å². The van der Waals surface area contributed by atoms with Gasteiger partial charge in [0.05, 0.1) is 0 Å². The second-order valence-corrected chi connectivity index (χ2v) is 4.65. The van der Waals surface area contributed by atoms with Gasteiger partial charge in [-0.15, -0.1) is 0 Å². The molecule has 0 radical (unpaired) electrons. The standard InChI is InChI=1S/C14H20N2O/c1-2-16(13-8-3-4-9-13)14(17)11-6-5-7-12(15)10-11/h5-7,10,13H,2-4,8-9,15H2,1H3. The lowest BCUT2D eigenvalue weighted by molar-refractivity contribution is 0.0693. The molecule has 1 fully saturated rings. The highest BCUT2D eigenvalue weighted by Gasteiger charge is 2.25. The fourth-order valence-corrected chi connectivity index (χ4v) is 2.62. The molecule has 1 aromatic rings. The maximum atomic E-state index is 12.4. The lowest BCUT2D eigenvalue weighted by Crippen LogP contribution is -2.38. The third kappa shape index (κ3) is 2.60. The molecular weight excluding hydrogens is 212 g/mol. The van der Waals surface area contributed by atoms with Gasteiger partial charge in [-0.25, -0.2) is 0 Å². The lowest BCUT2D eigenvalue weighted by Gasteiger charge is -2.27. The number of nitrogens with two attached hydrogens (primary N) is 1. The van der Waals surface area contributed by atoms with Crippen molar-refractivity contribution in [2.24, 2.45) is 0 Å². The summed E-state index contributed by atoms with van der Waals surface area (Å²) in [6, 6.07) is 7.68. The number of hydrogen-bond acceptors (Lipinski definition) is 2. The number of hydrogen-bond donors (Lipinski definition) is 1. The van der Waals surface area contributed by atoms with Gasteiger partial charge >= 0.3 is 0 Å². The first-order valence-corrected chi connectivity index (χ1v) is 6.39. The maximum Gasteiger partial charge on any atom is 0.254 e. The molecule has 1 aliphatic carbocycles. The number of carbonyl (C=O) groups excluding carboxylic acids is 1. The van der Waals surface area contributed by atoms with E-state index in [1.807, 2.05) is 30.0 Å². The van der Waals surface area contributed by atoms with E-state index in [9.17, 15) is 4.79 Å². The van der Waals surface area contributed by atoms with Crippen molar-refractivity contribution >= 4 is 11.6 Å². The molecule has 92 valence electrons. The normalized spacial score (nSPS) is 16.1. The van der Waals surface area contributed by atoms with Crippen LogP contribution in [0.1, 0.15) is 43.0 Å². The zero-order valence-corrected chi connectivity index (χ0v) is 10.4. The summed E-state index contributed by atoms with van der Waals surface area (Å²) in [7, 11) is 0. The summed E-state index contributed by atoms with van der Waals surface area (Å²) in [6.45, 7) is 2.82. The van der Waals surface area contributed by atoms with Gasteiger partial charge in [-0.1, -0.05) is 18.9 Å². The van der Waals surface area contributed by atoms with Gasteiger partial charge in [0.1, 0.15) is 0 Å². The molecule has 1 aliphatic rings. The smallest absolute Gasteiger partial charge is 0.254 e. The van der Waals surface area contributed by atoms with Gasteiger partial charge in [0.15, 0.2) is 0 Å². The molecule has 0 atom stereocenters. The van der Waals surface area contributed by atoms with Gasteiger partial charge in [-0.2, -0.15) is 0 Å². The molecule has 0 unspecified atom stereocenters. The monoisotopic (exact) mass is 232 g/mol. The van der Waals surface area contributed by atoms with Crippen molar-refractivity contribution in [1.82, 2.24) is 4.90 Å². The van der Waals surface area contributed by atoms with Crippen molar-refractivity contribution in [2.45, 2.75) is 38.6 Å². The average molecular weight is 232 g/mol. The Morgan fingerprint density at radius 3 is 2.71 bits per heavy atom. The molecule has 1 amide bonds. The summed E-state index contributed by atoms with van der Waals surface area (Å²) < 4.78 is 0.